The van der Waals surface area contributed by atoms with Crippen LogP contribution in [0.3, 0.4) is 0 Å². The average molecular weight is 567 g/mol. The van der Waals surface area contributed by atoms with Crippen molar-refractivity contribution in [2.45, 2.75) is 26.8 Å². The summed E-state index contributed by atoms with van der Waals surface area (Å²) in [7, 11) is 4.20. The zero-order chi connectivity index (χ0) is 29.1. The van der Waals surface area contributed by atoms with Crippen LogP contribution < -0.4 is 19.1 Å². The molecule has 0 aliphatic carbocycles. The van der Waals surface area contributed by atoms with Crippen molar-refractivity contribution in [3.05, 3.63) is 69.7 Å². The van der Waals surface area contributed by atoms with Gasteiger partial charge in [-0.3, -0.25) is 14.5 Å². The van der Waals surface area contributed by atoms with Gasteiger partial charge in [0.25, 0.3) is 5.78 Å². The van der Waals surface area contributed by atoms with Gasteiger partial charge in [0.2, 0.25) is 0 Å². The number of hydrogen-bond donors (Lipinski definition) is 1. The molecule has 210 valence electrons. The Morgan fingerprint density at radius 1 is 1.05 bits per heavy atom. The van der Waals surface area contributed by atoms with Crippen LogP contribution in [0.4, 0.5) is 5.13 Å². The van der Waals surface area contributed by atoms with Gasteiger partial charge in [0, 0.05) is 5.56 Å². The van der Waals surface area contributed by atoms with Gasteiger partial charge in [0.1, 0.15) is 16.4 Å². The zero-order valence-corrected chi connectivity index (χ0v) is 23.8. The Hall–Kier alpha value is -4.38. The molecule has 0 spiro atoms. The molecule has 0 radical (unpaired) electrons. The van der Waals surface area contributed by atoms with E-state index in [1.54, 1.807) is 49.4 Å². The first-order chi connectivity index (χ1) is 19.1. The van der Waals surface area contributed by atoms with Crippen LogP contribution in [-0.4, -0.2) is 55.7 Å². The number of ether oxygens (including phenoxy) is 4. The average Bonchev–Trinajstić information content (AvgIpc) is 3.47. The van der Waals surface area contributed by atoms with Crippen LogP contribution in [0.15, 0.2) is 48.0 Å². The Kier molecular flexibility index (Phi) is 8.43. The van der Waals surface area contributed by atoms with Gasteiger partial charge in [-0.05, 0) is 54.8 Å². The predicted molar refractivity (Wildman–Crippen MR) is 149 cm³/mol. The largest absolute Gasteiger partial charge is 0.507 e. The van der Waals surface area contributed by atoms with Crippen molar-refractivity contribution < 1.29 is 38.4 Å². The second-order valence-electron chi connectivity index (χ2n) is 9.42. The number of carbonyl (C=O) groups excluding carboxylic acids is 3. The number of methoxy groups -OCH3 is 3. The Balaban J connectivity index is 1.88. The fraction of sp³-hybridized carbons (Fsp3) is 0.310. The van der Waals surface area contributed by atoms with Gasteiger partial charge < -0.3 is 24.1 Å². The van der Waals surface area contributed by atoms with Crippen molar-refractivity contribution in [2.75, 3.05) is 32.8 Å². The number of carbonyl (C=O) groups is 3. The number of ketones is 1. The van der Waals surface area contributed by atoms with Gasteiger partial charge in [-0.25, -0.2) is 9.78 Å². The smallest absolute Gasteiger partial charge is 0.350 e. The maximum Gasteiger partial charge on any atom is 0.350 e. The minimum atomic E-state index is -1.08. The number of Topliss-reactive ketones (excluding diaryl/α,β-unsaturated/α-hetero) is 1. The van der Waals surface area contributed by atoms with E-state index in [0.29, 0.717) is 46.6 Å². The Morgan fingerprint density at radius 2 is 1.73 bits per heavy atom. The summed E-state index contributed by atoms with van der Waals surface area (Å²) < 4.78 is 21.4. The van der Waals surface area contributed by atoms with Crippen LogP contribution in [0.1, 0.15) is 46.4 Å². The van der Waals surface area contributed by atoms with Crippen molar-refractivity contribution in [3.63, 3.8) is 0 Å². The molecular weight excluding hydrogens is 536 g/mol. The molecule has 1 aromatic heterocycles. The van der Waals surface area contributed by atoms with Crippen molar-refractivity contribution in [1.29, 1.82) is 0 Å². The lowest BCUT2D eigenvalue weighted by molar-refractivity contribution is -0.132. The van der Waals surface area contributed by atoms with Gasteiger partial charge in [-0.2, -0.15) is 0 Å². The van der Waals surface area contributed by atoms with Crippen LogP contribution in [0.2, 0.25) is 0 Å². The van der Waals surface area contributed by atoms with Crippen LogP contribution in [0.5, 0.6) is 17.2 Å². The first kappa shape index (κ1) is 28.6. The number of nitrogens with zero attached hydrogens (tertiary/aromatic N) is 2. The molecule has 0 bridgehead atoms. The number of esters is 1. The molecule has 1 N–H and O–H groups in total. The first-order valence-corrected chi connectivity index (χ1v) is 13.2. The number of anilines is 1. The van der Waals surface area contributed by atoms with E-state index < -0.39 is 23.7 Å². The quantitative estimate of drug-likeness (QED) is 0.166. The Morgan fingerprint density at radius 3 is 2.33 bits per heavy atom. The number of benzene rings is 2. The third kappa shape index (κ3) is 5.37. The molecule has 11 heteroatoms. The minimum Gasteiger partial charge on any atom is -0.507 e. The molecule has 40 heavy (non-hydrogen) atoms. The van der Waals surface area contributed by atoms with Gasteiger partial charge in [-0.15, -0.1) is 0 Å². The van der Waals surface area contributed by atoms with E-state index in [2.05, 4.69) is 4.98 Å². The fourth-order valence-electron chi connectivity index (χ4n) is 4.26. The molecule has 1 saturated heterocycles. The molecule has 2 aromatic carbocycles. The van der Waals surface area contributed by atoms with Crippen LogP contribution >= 0.6 is 11.3 Å². The molecule has 1 unspecified atom stereocenters. The third-order valence-electron chi connectivity index (χ3n) is 6.24. The molecular formula is C29H30N2O8S. The standard InChI is InChI=1S/C29H30N2O8S/c1-15(2)14-39-19-10-7-17(8-11-19)24(32)22-23(18-9-12-20(36-4)21(13-18)37-5)31(27(34)25(22)33)29-30-16(3)26(40-29)28(35)38-6/h7-13,15,23,32H,14H2,1-6H3/b24-22+. The number of thiazole rings is 1. The van der Waals surface area contributed by atoms with E-state index in [1.807, 2.05) is 13.8 Å². The molecule has 1 atom stereocenters. The maximum atomic E-state index is 13.5. The number of aliphatic hydroxyl groups is 1. The SMILES string of the molecule is COC(=O)c1sc(N2C(=O)C(=O)/C(=C(/O)c3ccc(OCC(C)C)cc3)C2c2ccc(OC)c(OC)c2)nc1C. The summed E-state index contributed by atoms with van der Waals surface area (Å²) in [5.74, 6) is -1.03. The van der Waals surface area contributed by atoms with Gasteiger partial charge in [0.05, 0.1) is 45.2 Å². The predicted octanol–water partition coefficient (Wildman–Crippen LogP) is 4.92. The fourth-order valence-corrected chi connectivity index (χ4v) is 5.27. The molecule has 0 saturated carbocycles. The van der Waals surface area contributed by atoms with Crippen LogP contribution in [-0.2, 0) is 14.3 Å². The highest BCUT2D eigenvalue weighted by atomic mass is 32.1. The summed E-state index contributed by atoms with van der Waals surface area (Å²) in [6, 6.07) is 10.5. The summed E-state index contributed by atoms with van der Waals surface area (Å²) in [5, 5.41) is 11.5. The first-order valence-electron chi connectivity index (χ1n) is 12.4. The highest BCUT2D eigenvalue weighted by Gasteiger charge is 2.48. The molecule has 2 heterocycles. The summed E-state index contributed by atoms with van der Waals surface area (Å²) in [5.41, 5.74) is 0.992. The zero-order valence-electron chi connectivity index (χ0n) is 23.0. The lowest BCUT2D eigenvalue weighted by atomic mass is 9.95. The van der Waals surface area contributed by atoms with Crippen molar-refractivity contribution in [2.24, 2.45) is 5.92 Å². The monoisotopic (exact) mass is 566 g/mol. The highest BCUT2D eigenvalue weighted by molar-refractivity contribution is 7.17. The van der Waals surface area contributed by atoms with Crippen LogP contribution in [0, 0.1) is 12.8 Å². The van der Waals surface area contributed by atoms with Crippen molar-refractivity contribution in [3.8, 4) is 17.2 Å². The van der Waals surface area contributed by atoms with Gasteiger partial charge >= 0.3 is 11.9 Å². The highest BCUT2D eigenvalue weighted by Crippen LogP contribution is 2.45. The summed E-state index contributed by atoms with van der Waals surface area (Å²) in [6.07, 6.45) is 0. The van der Waals surface area contributed by atoms with E-state index in [-0.39, 0.29) is 21.3 Å². The summed E-state index contributed by atoms with van der Waals surface area (Å²) in [6.45, 7) is 6.20. The molecule has 1 aliphatic heterocycles. The number of rotatable bonds is 9. The number of aliphatic hydroxyl groups excluding tert-OH is 1. The van der Waals surface area contributed by atoms with E-state index in [4.69, 9.17) is 18.9 Å². The topological polar surface area (TPSA) is 124 Å². The summed E-state index contributed by atoms with van der Waals surface area (Å²) >= 11 is 0.921. The van der Waals surface area contributed by atoms with Crippen LogP contribution in [0.25, 0.3) is 5.76 Å². The summed E-state index contributed by atoms with van der Waals surface area (Å²) in [4.78, 5) is 45.0. The van der Waals surface area contributed by atoms with E-state index in [9.17, 15) is 19.5 Å². The second-order valence-corrected chi connectivity index (χ2v) is 10.4. The lowest BCUT2D eigenvalue weighted by Gasteiger charge is -2.23. The number of hydrogen-bond acceptors (Lipinski definition) is 10. The maximum absolute atomic E-state index is 13.5. The van der Waals surface area contributed by atoms with Crippen molar-refractivity contribution in [1.82, 2.24) is 4.98 Å². The van der Waals surface area contributed by atoms with Gasteiger partial charge in [-0.1, -0.05) is 31.3 Å². The molecule has 10 nitrogen and oxygen atoms in total. The molecule has 1 amide bonds. The molecule has 3 aromatic rings. The Labute approximate surface area is 235 Å². The minimum absolute atomic E-state index is 0.108. The van der Waals surface area contributed by atoms with E-state index >= 15 is 0 Å². The molecule has 1 fully saturated rings. The number of aryl methyl sites for hydroxylation is 1. The normalized spacial score (nSPS) is 16.4. The van der Waals surface area contributed by atoms with E-state index in [1.165, 1.54) is 26.2 Å². The molecule has 1 aliphatic rings. The Bertz CT molecular complexity index is 1480. The van der Waals surface area contributed by atoms with E-state index in [0.717, 1.165) is 11.3 Å². The second kappa shape index (κ2) is 11.8. The molecule has 4 rings (SSSR count). The van der Waals surface area contributed by atoms with Crippen molar-refractivity contribution >= 4 is 39.9 Å². The third-order valence-corrected chi connectivity index (χ3v) is 7.38. The van der Waals surface area contributed by atoms with Gasteiger partial charge in [0.15, 0.2) is 16.6 Å². The number of amides is 1. The number of aromatic nitrogens is 1. The lowest BCUT2D eigenvalue weighted by Crippen LogP contribution is -2.29.